The zero-order valence-corrected chi connectivity index (χ0v) is 12.4. The Hall–Kier alpha value is -1.04. The van der Waals surface area contributed by atoms with Gasteiger partial charge in [-0.05, 0) is 30.7 Å². The molecule has 104 valence electrons. The molecule has 0 aromatic heterocycles. The van der Waals surface area contributed by atoms with Crippen molar-refractivity contribution >= 4 is 0 Å². The minimum Gasteiger partial charge on any atom is -0.0879 e. The zero-order valence-electron chi connectivity index (χ0n) is 12.4. The molecule has 1 fully saturated rings. The Bertz CT molecular complexity index is 357. The molecule has 0 N–H and O–H groups in total. The van der Waals surface area contributed by atoms with Crippen LogP contribution >= 0.6 is 0 Å². The van der Waals surface area contributed by atoms with Crippen LogP contribution in [-0.2, 0) is 0 Å². The van der Waals surface area contributed by atoms with Crippen molar-refractivity contribution in [1.29, 1.82) is 0 Å². The molecule has 1 aliphatic rings. The smallest absolute Gasteiger partial charge is 0.00462 e. The van der Waals surface area contributed by atoms with Crippen molar-refractivity contribution in [3.63, 3.8) is 0 Å². The fraction of sp³-hybridized carbons (Fsp3) is 0.579. The summed E-state index contributed by atoms with van der Waals surface area (Å²) in [5.74, 6) is 1.52. The topological polar surface area (TPSA) is 0 Å². The van der Waals surface area contributed by atoms with Crippen LogP contribution in [0.15, 0.2) is 42.5 Å². The summed E-state index contributed by atoms with van der Waals surface area (Å²) in [5.41, 5.74) is 1.52. The molecule has 0 saturated heterocycles. The van der Waals surface area contributed by atoms with E-state index in [1.165, 1.54) is 56.9 Å². The molecule has 2 rings (SSSR count). The van der Waals surface area contributed by atoms with E-state index in [0.717, 1.165) is 5.92 Å². The Kier molecular flexibility index (Phi) is 6.20. The van der Waals surface area contributed by atoms with E-state index in [1.807, 2.05) is 0 Å². The van der Waals surface area contributed by atoms with E-state index < -0.39 is 0 Å². The van der Waals surface area contributed by atoms with Gasteiger partial charge in [-0.1, -0.05) is 81.5 Å². The van der Waals surface area contributed by atoms with Gasteiger partial charge in [0.1, 0.15) is 0 Å². The molecule has 0 nitrogen and oxygen atoms in total. The number of rotatable bonds is 6. The molecule has 1 saturated carbocycles. The fourth-order valence-corrected chi connectivity index (χ4v) is 3.27. The lowest BCUT2D eigenvalue weighted by Gasteiger charge is -2.28. The van der Waals surface area contributed by atoms with Gasteiger partial charge in [-0.15, -0.1) is 0 Å². The number of hydrogen-bond donors (Lipinski definition) is 0. The summed E-state index contributed by atoms with van der Waals surface area (Å²) >= 11 is 0. The Morgan fingerprint density at radius 3 is 2.53 bits per heavy atom. The highest BCUT2D eigenvalue weighted by atomic mass is 14.3. The van der Waals surface area contributed by atoms with Crippen LogP contribution in [0.2, 0.25) is 0 Å². The molecule has 0 bridgehead atoms. The molecular formula is C19H28. The van der Waals surface area contributed by atoms with E-state index in [4.69, 9.17) is 0 Å². The molecule has 19 heavy (non-hydrogen) atoms. The molecule has 1 aromatic rings. The molecule has 0 aliphatic heterocycles. The van der Waals surface area contributed by atoms with E-state index in [-0.39, 0.29) is 0 Å². The predicted molar refractivity (Wildman–Crippen MR) is 84.4 cm³/mol. The minimum atomic E-state index is 0.651. The Balaban J connectivity index is 2.06. The Labute approximate surface area is 118 Å². The van der Waals surface area contributed by atoms with E-state index in [1.54, 1.807) is 0 Å². The van der Waals surface area contributed by atoms with Crippen molar-refractivity contribution < 1.29 is 0 Å². The van der Waals surface area contributed by atoms with Gasteiger partial charge in [-0.3, -0.25) is 0 Å². The molecule has 1 atom stereocenters. The summed E-state index contributed by atoms with van der Waals surface area (Å²) in [6.45, 7) is 2.27. The monoisotopic (exact) mass is 256 g/mol. The second-order valence-corrected chi connectivity index (χ2v) is 5.90. The van der Waals surface area contributed by atoms with Crippen LogP contribution in [0.4, 0.5) is 0 Å². The van der Waals surface area contributed by atoms with Crippen molar-refractivity contribution in [2.45, 2.75) is 64.2 Å². The molecule has 0 heteroatoms. The van der Waals surface area contributed by atoms with Crippen molar-refractivity contribution in [3.05, 3.63) is 48.0 Å². The van der Waals surface area contributed by atoms with Crippen LogP contribution < -0.4 is 0 Å². The number of unbranched alkanes of at least 4 members (excludes halogenated alkanes) is 2. The summed E-state index contributed by atoms with van der Waals surface area (Å²) in [6.07, 6.45) is 15.9. The van der Waals surface area contributed by atoms with Gasteiger partial charge < -0.3 is 0 Å². The largest absolute Gasteiger partial charge is 0.0879 e. The number of hydrogen-bond acceptors (Lipinski definition) is 0. The maximum Gasteiger partial charge on any atom is 0.00462 e. The second-order valence-electron chi connectivity index (χ2n) is 5.90. The minimum absolute atomic E-state index is 0.651. The third kappa shape index (κ3) is 4.53. The van der Waals surface area contributed by atoms with Gasteiger partial charge in [0, 0.05) is 5.92 Å². The highest BCUT2D eigenvalue weighted by molar-refractivity contribution is 5.25. The Morgan fingerprint density at radius 1 is 1.11 bits per heavy atom. The SMILES string of the molecule is CCCC/C=C\C(c1ccccc1)C1CCCCC1. The van der Waals surface area contributed by atoms with Gasteiger partial charge >= 0.3 is 0 Å². The van der Waals surface area contributed by atoms with E-state index >= 15 is 0 Å². The molecule has 1 aliphatic carbocycles. The normalized spacial score (nSPS) is 18.8. The molecule has 0 heterocycles. The van der Waals surface area contributed by atoms with Crippen molar-refractivity contribution in [2.75, 3.05) is 0 Å². The van der Waals surface area contributed by atoms with Crippen molar-refractivity contribution in [1.82, 2.24) is 0 Å². The molecule has 0 radical (unpaired) electrons. The van der Waals surface area contributed by atoms with Gasteiger partial charge in [-0.25, -0.2) is 0 Å². The second kappa shape index (κ2) is 8.19. The van der Waals surface area contributed by atoms with Crippen LogP contribution in [0.25, 0.3) is 0 Å². The summed E-state index contributed by atoms with van der Waals surface area (Å²) in [7, 11) is 0. The third-order valence-electron chi connectivity index (χ3n) is 4.41. The van der Waals surface area contributed by atoms with Crippen LogP contribution in [-0.4, -0.2) is 0 Å². The molecule has 1 aromatic carbocycles. The average Bonchev–Trinajstić information content (AvgIpc) is 2.49. The number of benzene rings is 1. The quantitative estimate of drug-likeness (QED) is 0.426. The van der Waals surface area contributed by atoms with Crippen LogP contribution in [0.1, 0.15) is 69.8 Å². The van der Waals surface area contributed by atoms with Crippen LogP contribution in [0.5, 0.6) is 0 Å². The van der Waals surface area contributed by atoms with Gasteiger partial charge in [-0.2, -0.15) is 0 Å². The molecular weight excluding hydrogens is 228 g/mol. The first-order chi connectivity index (χ1) is 9.42. The summed E-state index contributed by atoms with van der Waals surface area (Å²) < 4.78 is 0. The summed E-state index contributed by atoms with van der Waals surface area (Å²) in [6, 6.07) is 11.1. The van der Waals surface area contributed by atoms with Gasteiger partial charge in [0.25, 0.3) is 0 Å². The van der Waals surface area contributed by atoms with E-state index in [0.29, 0.717) is 5.92 Å². The first-order valence-electron chi connectivity index (χ1n) is 8.13. The highest BCUT2D eigenvalue weighted by Gasteiger charge is 2.22. The van der Waals surface area contributed by atoms with E-state index in [9.17, 15) is 0 Å². The van der Waals surface area contributed by atoms with Crippen LogP contribution in [0.3, 0.4) is 0 Å². The zero-order chi connectivity index (χ0) is 13.3. The number of allylic oxidation sites excluding steroid dienone is 2. The lowest BCUT2D eigenvalue weighted by molar-refractivity contribution is 0.332. The fourth-order valence-electron chi connectivity index (χ4n) is 3.27. The van der Waals surface area contributed by atoms with Gasteiger partial charge in [0.15, 0.2) is 0 Å². The van der Waals surface area contributed by atoms with Crippen LogP contribution in [0, 0.1) is 5.92 Å². The first kappa shape index (κ1) is 14.4. The summed E-state index contributed by atoms with van der Waals surface area (Å²) in [4.78, 5) is 0. The third-order valence-corrected chi connectivity index (χ3v) is 4.41. The van der Waals surface area contributed by atoms with Crippen molar-refractivity contribution in [3.8, 4) is 0 Å². The molecule has 0 amide bonds. The van der Waals surface area contributed by atoms with E-state index in [2.05, 4.69) is 49.4 Å². The maximum absolute atomic E-state index is 2.50. The Morgan fingerprint density at radius 2 is 1.84 bits per heavy atom. The lowest BCUT2D eigenvalue weighted by atomic mass is 9.76. The van der Waals surface area contributed by atoms with Gasteiger partial charge in [0.05, 0.1) is 0 Å². The molecule has 1 unspecified atom stereocenters. The maximum atomic E-state index is 2.50. The standard InChI is InChI=1S/C19H28/c1-2-3-4-11-16-19(17-12-7-5-8-13-17)18-14-9-6-10-15-18/h5,7-8,11-13,16,18-19H,2-4,6,9-10,14-15H2,1H3/b16-11-. The lowest BCUT2D eigenvalue weighted by Crippen LogP contribution is -2.14. The first-order valence-corrected chi connectivity index (χ1v) is 8.13. The highest BCUT2D eigenvalue weighted by Crippen LogP contribution is 2.37. The average molecular weight is 256 g/mol. The van der Waals surface area contributed by atoms with Crippen molar-refractivity contribution in [2.24, 2.45) is 5.92 Å². The predicted octanol–water partition coefficient (Wildman–Crippen LogP) is 6.10. The van der Waals surface area contributed by atoms with Gasteiger partial charge in [0.2, 0.25) is 0 Å². The summed E-state index contributed by atoms with van der Waals surface area (Å²) in [5, 5.41) is 0. The molecule has 0 spiro atoms.